The molecule has 6 aliphatic carbocycles. The Morgan fingerprint density at radius 3 is 2.41 bits per heavy atom. The van der Waals surface area contributed by atoms with E-state index in [1.807, 2.05) is 0 Å². The van der Waals surface area contributed by atoms with Crippen molar-refractivity contribution in [3.05, 3.63) is 185 Å². The molecule has 1 saturated heterocycles. The minimum Gasteiger partial charge on any atom is -0.361 e. The number of hydrogen-bond acceptors (Lipinski definition) is 1. The van der Waals surface area contributed by atoms with Gasteiger partial charge in [-0.3, -0.25) is 0 Å². The Labute approximate surface area is 302 Å². The third kappa shape index (κ3) is 5.25. The van der Waals surface area contributed by atoms with Gasteiger partial charge in [-0.2, -0.15) is 0 Å². The van der Waals surface area contributed by atoms with Gasteiger partial charge in [-0.25, -0.2) is 0 Å². The number of allylic oxidation sites excluding steroid dienone is 17. The molecule has 7 aliphatic rings. The first-order valence-corrected chi connectivity index (χ1v) is 19.1. The molecule has 250 valence electrons. The molecule has 0 amide bonds. The molecule has 7 unspecified atom stereocenters. The third-order valence-corrected chi connectivity index (χ3v) is 12.3. The average Bonchev–Trinajstić information content (AvgIpc) is 3.70. The Morgan fingerprint density at radius 1 is 0.706 bits per heavy atom. The summed E-state index contributed by atoms with van der Waals surface area (Å²) >= 11 is 0. The predicted octanol–water partition coefficient (Wildman–Crippen LogP) is 11.1. The number of rotatable bonds is 5. The standard InChI is InChI=1S/C49H44N2/c1-33-22-25-43-45-27-24-39(32-49(45)51(47(43)28-33)41-19-11-17-37(30-41)35-14-6-3-7-15-35)38-23-26-44-42-20-8-9-21-46(42)50(48(44)31-38)40-18-10-16-36(29-40)34-12-4-2-5-13-34/h2,4-6,8-23,25-26,31-33,36-37,42,44,46,48H,3,7,28-30H2,1H3. The fourth-order valence-electron chi connectivity index (χ4n) is 9.79. The average molecular weight is 661 g/mol. The second kappa shape index (κ2) is 12.5. The molecule has 7 atom stereocenters. The van der Waals surface area contributed by atoms with Crippen LogP contribution in [0.15, 0.2) is 151 Å². The van der Waals surface area contributed by atoms with Gasteiger partial charge in [0.25, 0.3) is 0 Å². The smallest absolute Gasteiger partial charge is 0.0631 e. The van der Waals surface area contributed by atoms with Crippen molar-refractivity contribution in [2.75, 3.05) is 0 Å². The van der Waals surface area contributed by atoms with Crippen molar-refractivity contribution in [1.82, 2.24) is 9.47 Å². The summed E-state index contributed by atoms with van der Waals surface area (Å²) in [5, 5.41) is 1.19. The highest BCUT2D eigenvalue weighted by Crippen LogP contribution is 2.48. The monoisotopic (exact) mass is 660 g/mol. The van der Waals surface area contributed by atoms with Gasteiger partial charge in [-0.1, -0.05) is 147 Å². The molecule has 1 aromatic heterocycles. The number of aromatic nitrogens is 1. The van der Waals surface area contributed by atoms with Crippen LogP contribution in [0.2, 0.25) is 0 Å². The summed E-state index contributed by atoms with van der Waals surface area (Å²) in [7, 11) is 0. The minimum absolute atomic E-state index is 0.276. The van der Waals surface area contributed by atoms with Gasteiger partial charge < -0.3 is 9.47 Å². The highest BCUT2D eigenvalue weighted by atomic mass is 15.2. The maximum absolute atomic E-state index is 3.71. The lowest BCUT2D eigenvalue weighted by molar-refractivity contribution is 0.288. The third-order valence-electron chi connectivity index (χ3n) is 12.3. The molecule has 1 fully saturated rings. The SMILES string of the molecule is CC1C=Cc2c(n(C3=CC=CC(C4=CCCC=C4)C3)c3cc(C4=CC5C(C=C4)C4C=CC=CC4N5C4=CC=CC(c5ccccc5)C4)c#cc23)C1. The van der Waals surface area contributed by atoms with Crippen LogP contribution in [0.4, 0.5) is 0 Å². The van der Waals surface area contributed by atoms with E-state index in [4.69, 9.17) is 0 Å². The molecule has 0 saturated carbocycles. The predicted molar refractivity (Wildman–Crippen MR) is 212 cm³/mol. The van der Waals surface area contributed by atoms with E-state index in [-0.39, 0.29) is 6.04 Å². The molecule has 1 aliphatic heterocycles. The van der Waals surface area contributed by atoms with Crippen molar-refractivity contribution >= 4 is 28.2 Å². The van der Waals surface area contributed by atoms with Crippen molar-refractivity contribution in [3.8, 4) is 0 Å². The van der Waals surface area contributed by atoms with Gasteiger partial charge in [0, 0.05) is 51.9 Å². The van der Waals surface area contributed by atoms with E-state index in [1.165, 1.54) is 50.3 Å². The zero-order chi connectivity index (χ0) is 33.9. The van der Waals surface area contributed by atoms with Gasteiger partial charge in [-0.15, -0.1) is 0 Å². The molecule has 2 heteroatoms. The first kappa shape index (κ1) is 30.6. The summed E-state index contributed by atoms with van der Waals surface area (Å²) in [6.07, 6.45) is 48.0. The molecule has 2 nitrogen and oxygen atoms in total. The van der Waals surface area contributed by atoms with Crippen molar-refractivity contribution in [2.24, 2.45) is 23.7 Å². The molecular weight excluding hydrogens is 617 g/mol. The van der Waals surface area contributed by atoms with Crippen LogP contribution in [-0.4, -0.2) is 21.6 Å². The highest BCUT2D eigenvalue weighted by molar-refractivity contribution is 5.95. The van der Waals surface area contributed by atoms with Crippen molar-refractivity contribution in [2.45, 2.75) is 57.0 Å². The molecule has 51 heavy (non-hydrogen) atoms. The fourth-order valence-corrected chi connectivity index (χ4v) is 9.79. The van der Waals surface area contributed by atoms with Crippen molar-refractivity contribution < 1.29 is 0 Å². The van der Waals surface area contributed by atoms with Crippen LogP contribution < -0.4 is 0 Å². The molecule has 3 aromatic rings. The summed E-state index contributed by atoms with van der Waals surface area (Å²) in [4.78, 5) is 2.74. The van der Waals surface area contributed by atoms with Gasteiger partial charge >= 0.3 is 0 Å². The highest BCUT2D eigenvalue weighted by Gasteiger charge is 2.47. The van der Waals surface area contributed by atoms with E-state index < -0.39 is 0 Å². The van der Waals surface area contributed by atoms with E-state index in [0.29, 0.717) is 35.6 Å². The Hall–Kier alpha value is -5.26. The van der Waals surface area contributed by atoms with E-state index in [1.54, 1.807) is 0 Å². The van der Waals surface area contributed by atoms with Crippen molar-refractivity contribution in [1.29, 1.82) is 0 Å². The number of hydrogen-bond donors (Lipinski definition) is 0. The largest absolute Gasteiger partial charge is 0.361 e. The van der Waals surface area contributed by atoms with Gasteiger partial charge in [0.1, 0.15) is 0 Å². The number of nitrogens with zero attached hydrogens (tertiary/aromatic N) is 2. The summed E-state index contributed by atoms with van der Waals surface area (Å²) in [6.45, 7) is 2.33. The molecule has 2 heterocycles. The Bertz CT molecular complexity index is 2230. The zero-order valence-electron chi connectivity index (χ0n) is 29.3. The van der Waals surface area contributed by atoms with E-state index in [2.05, 4.69) is 174 Å². The number of fused-ring (bicyclic) bond motifs is 6. The van der Waals surface area contributed by atoms with Crippen LogP contribution in [0.3, 0.4) is 0 Å². The fraction of sp³-hybridized carbons (Fsp3) is 0.265. The second-order valence-electron chi connectivity index (χ2n) is 15.4. The van der Waals surface area contributed by atoms with E-state index in [0.717, 1.165) is 37.7 Å². The molecule has 10 rings (SSSR count). The van der Waals surface area contributed by atoms with Crippen LogP contribution in [0.5, 0.6) is 0 Å². The van der Waals surface area contributed by atoms with Gasteiger partial charge in [0.2, 0.25) is 0 Å². The van der Waals surface area contributed by atoms with Crippen LogP contribution >= 0.6 is 0 Å². The summed E-state index contributed by atoms with van der Waals surface area (Å²) in [5.41, 5.74) is 12.0. The van der Waals surface area contributed by atoms with Crippen molar-refractivity contribution in [3.63, 3.8) is 0 Å². The van der Waals surface area contributed by atoms with E-state index in [9.17, 15) is 0 Å². The second-order valence-corrected chi connectivity index (χ2v) is 15.4. The lowest BCUT2D eigenvalue weighted by Crippen LogP contribution is -2.37. The zero-order valence-corrected chi connectivity index (χ0v) is 29.3. The van der Waals surface area contributed by atoms with Crippen LogP contribution in [0, 0.1) is 35.8 Å². The van der Waals surface area contributed by atoms with Gasteiger partial charge in [-0.05, 0) is 73.0 Å². The lowest BCUT2D eigenvalue weighted by Gasteiger charge is -2.36. The van der Waals surface area contributed by atoms with Crippen LogP contribution in [-0.2, 0) is 6.42 Å². The summed E-state index contributed by atoms with van der Waals surface area (Å²) in [6, 6.07) is 21.4. The van der Waals surface area contributed by atoms with Crippen LogP contribution in [0.25, 0.3) is 28.2 Å². The first-order valence-electron chi connectivity index (χ1n) is 19.1. The Balaban J connectivity index is 1.03. The Kier molecular flexibility index (Phi) is 7.49. The lowest BCUT2D eigenvalue weighted by atomic mass is 9.81. The summed E-state index contributed by atoms with van der Waals surface area (Å²) < 4.78 is 2.59. The quantitative estimate of drug-likeness (QED) is 0.264. The normalized spacial score (nSPS) is 30.0. The Morgan fingerprint density at radius 2 is 1.53 bits per heavy atom. The van der Waals surface area contributed by atoms with Gasteiger partial charge in [0.05, 0.1) is 23.0 Å². The number of likely N-dealkylation sites (tertiary alicyclic amines) is 1. The molecule has 0 spiro atoms. The molecule has 0 radical (unpaired) electrons. The first-order chi connectivity index (χ1) is 25.2. The number of benzene rings is 1. The molecule has 0 bridgehead atoms. The van der Waals surface area contributed by atoms with Gasteiger partial charge in [0.15, 0.2) is 0 Å². The molecule has 2 aromatic carbocycles. The molecule has 0 N–H and O–H groups in total. The maximum Gasteiger partial charge on any atom is 0.0631 e. The topological polar surface area (TPSA) is 8.17 Å². The van der Waals surface area contributed by atoms with Crippen LogP contribution in [0.1, 0.15) is 60.9 Å². The summed E-state index contributed by atoms with van der Waals surface area (Å²) in [5.74, 6) is 2.20. The molecular formula is C49H44N2. The van der Waals surface area contributed by atoms with E-state index >= 15 is 0 Å². The minimum atomic E-state index is 0.276. The maximum atomic E-state index is 3.71.